The zero-order valence-corrected chi connectivity index (χ0v) is 10.1. The standard InChI is InChI=1S/C13H15N3O2/c14-7-11-1-2-12(15-9-11)13(17)16-8-10-3-5-18-6-4-10/h1-2,9-10H,3-6,8H2,(H,16,17). The van der Waals surface area contributed by atoms with Crippen molar-refractivity contribution in [2.24, 2.45) is 5.92 Å². The van der Waals surface area contributed by atoms with E-state index in [1.54, 1.807) is 12.1 Å². The average molecular weight is 245 g/mol. The van der Waals surface area contributed by atoms with E-state index in [4.69, 9.17) is 10.00 Å². The molecule has 0 radical (unpaired) electrons. The van der Waals surface area contributed by atoms with Crippen LogP contribution in [0.5, 0.6) is 0 Å². The van der Waals surface area contributed by atoms with Crippen molar-refractivity contribution in [1.82, 2.24) is 10.3 Å². The highest BCUT2D eigenvalue weighted by atomic mass is 16.5. The molecule has 1 aromatic heterocycles. The Kier molecular flexibility index (Phi) is 4.26. The predicted octanol–water partition coefficient (Wildman–Crippen LogP) is 1.11. The summed E-state index contributed by atoms with van der Waals surface area (Å²) in [6, 6.07) is 5.13. The molecule has 0 saturated carbocycles. The first kappa shape index (κ1) is 12.5. The van der Waals surface area contributed by atoms with E-state index in [2.05, 4.69) is 10.3 Å². The smallest absolute Gasteiger partial charge is 0.269 e. The van der Waals surface area contributed by atoms with Gasteiger partial charge in [-0.1, -0.05) is 0 Å². The van der Waals surface area contributed by atoms with E-state index in [1.807, 2.05) is 6.07 Å². The van der Waals surface area contributed by atoms with Crippen molar-refractivity contribution < 1.29 is 9.53 Å². The van der Waals surface area contributed by atoms with Crippen LogP contribution in [0.2, 0.25) is 0 Å². The van der Waals surface area contributed by atoms with E-state index in [-0.39, 0.29) is 5.91 Å². The highest BCUT2D eigenvalue weighted by molar-refractivity contribution is 5.92. The van der Waals surface area contributed by atoms with Gasteiger partial charge in [-0.15, -0.1) is 0 Å². The highest BCUT2D eigenvalue weighted by Gasteiger charge is 2.15. The van der Waals surface area contributed by atoms with E-state index >= 15 is 0 Å². The molecular weight excluding hydrogens is 230 g/mol. The SMILES string of the molecule is N#Cc1ccc(C(=O)NCC2CCOCC2)nc1. The van der Waals surface area contributed by atoms with Gasteiger partial charge >= 0.3 is 0 Å². The van der Waals surface area contributed by atoms with Crippen molar-refractivity contribution in [2.75, 3.05) is 19.8 Å². The summed E-state index contributed by atoms with van der Waals surface area (Å²) in [5.74, 6) is 0.298. The molecule has 1 saturated heterocycles. The van der Waals surface area contributed by atoms with Gasteiger partial charge < -0.3 is 10.1 Å². The van der Waals surface area contributed by atoms with E-state index in [9.17, 15) is 4.79 Å². The van der Waals surface area contributed by atoms with Crippen molar-refractivity contribution >= 4 is 5.91 Å². The van der Waals surface area contributed by atoms with Gasteiger partial charge in [0.05, 0.1) is 5.56 Å². The summed E-state index contributed by atoms with van der Waals surface area (Å²) in [6.45, 7) is 2.20. The first-order chi connectivity index (χ1) is 8.79. The zero-order valence-electron chi connectivity index (χ0n) is 10.1. The molecule has 1 amide bonds. The van der Waals surface area contributed by atoms with Gasteiger partial charge in [-0.25, -0.2) is 4.98 Å². The number of carbonyl (C=O) groups excluding carboxylic acids is 1. The molecule has 1 aliphatic rings. The van der Waals surface area contributed by atoms with Crippen LogP contribution in [0, 0.1) is 17.2 Å². The van der Waals surface area contributed by atoms with Crippen molar-refractivity contribution in [3.05, 3.63) is 29.6 Å². The lowest BCUT2D eigenvalue weighted by molar-refractivity contribution is 0.0642. The van der Waals surface area contributed by atoms with Crippen molar-refractivity contribution in [1.29, 1.82) is 5.26 Å². The third kappa shape index (κ3) is 3.28. The Morgan fingerprint density at radius 2 is 2.28 bits per heavy atom. The van der Waals surface area contributed by atoms with Gasteiger partial charge in [0, 0.05) is 26.0 Å². The molecule has 0 aromatic carbocycles. The second kappa shape index (κ2) is 6.12. The van der Waals surface area contributed by atoms with Gasteiger partial charge in [-0.2, -0.15) is 5.26 Å². The van der Waals surface area contributed by atoms with Crippen LogP contribution < -0.4 is 5.32 Å². The monoisotopic (exact) mass is 245 g/mol. The molecule has 18 heavy (non-hydrogen) atoms. The fraction of sp³-hybridized carbons (Fsp3) is 0.462. The van der Waals surface area contributed by atoms with Crippen molar-refractivity contribution in [3.8, 4) is 6.07 Å². The number of nitrogens with zero attached hydrogens (tertiary/aromatic N) is 2. The molecule has 94 valence electrons. The van der Waals surface area contributed by atoms with E-state index in [0.717, 1.165) is 26.1 Å². The number of aromatic nitrogens is 1. The van der Waals surface area contributed by atoms with Crippen LogP contribution in [0.4, 0.5) is 0 Å². The van der Waals surface area contributed by atoms with Gasteiger partial charge in [-0.3, -0.25) is 4.79 Å². The summed E-state index contributed by atoms with van der Waals surface area (Å²) in [4.78, 5) is 15.8. The summed E-state index contributed by atoms with van der Waals surface area (Å²) >= 11 is 0. The van der Waals surface area contributed by atoms with Crippen LogP contribution in [0.3, 0.4) is 0 Å². The maximum Gasteiger partial charge on any atom is 0.269 e. The lowest BCUT2D eigenvalue weighted by Crippen LogP contribution is -2.32. The number of amides is 1. The van der Waals surface area contributed by atoms with Crippen molar-refractivity contribution in [2.45, 2.75) is 12.8 Å². The molecule has 2 rings (SSSR count). The van der Waals surface area contributed by atoms with Gasteiger partial charge in [0.1, 0.15) is 11.8 Å². The van der Waals surface area contributed by atoms with Crippen LogP contribution in [0.25, 0.3) is 0 Å². The Labute approximate surface area is 106 Å². The number of hydrogen-bond acceptors (Lipinski definition) is 4. The molecule has 1 aromatic rings. The molecule has 0 unspecified atom stereocenters. The van der Waals surface area contributed by atoms with E-state index in [1.165, 1.54) is 6.20 Å². The topological polar surface area (TPSA) is 75.0 Å². The zero-order chi connectivity index (χ0) is 12.8. The highest BCUT2D eigenvalue weighted by Crippen LogP contribution is 2.13. The summed E-state index contributed by atoms with van der Waals surface area (Å²) in [5.41, 5.74) is 0.803. The van der Waals surface area contributed by atoms with Gasteiger partial charge in [-0.05, 0) is 30.9 Å². The molecule has 5 nitrogen and oxygen atoms in total. The Morgan fingerprint density at radius 3 is 2.89 bits per heavy atom. The lowest BCUT2D eigenvalue weighted by atomic mass is 10.0. The minimum Gasteiger partial charge on any atom is -0.381 e. The molecule has 0 spiro atoms. The number of ether oxygens (including phenoxy) is 1. The van der Waals surface area contributed by atoms with Crippen molar-refractivity contribution in [3.63, 3.8) is 0 Å². The number of hydrogen-bond donors (Lipinski definition) is 1. The first-order valence-electron chi connectivity index (χ1n) is 6.01. The minimum absolute atomic E-state index is 0.189. The fourth-order valence-corrected chi connectivity index (χ4v) is 1.87. The van der Waals surface area contributed by atoms with E-state index in [0.29, 0.717) is 23.7 Å². The Hall–Kier alpha value is -1.93. The third-order valence-electron chi connectivity index (χ3n) is 3.02. The molecule has 1 fully saturated rings. The molecule has 0 aliphatic carbocycles. The molecule has 2 heterocycles. The average Bonchev–Trinajstić information content (AvgIpc) is 2.46. The second-order valence-corrected chi connectivity index (χ2v) is 4.31. The summed E-state index contributed by atoms with van der Waals surface area (Å²) in [5, 5.41) is 11.5. The van der Waals surface area contributed by atoms with Crippen LogP contribution in [0.15, 0.2) is 18.3 Å². The number of nitrogens with one attached hydrogen (secondary N) is 1. The molecule has 5 heteroatoms. The predicted molar refractivity (Wildman–Crippen MR) is 64.8 cm³/mol. The Balaban J connectivity index is 1.85. The lowest BCUT2D eigenvalue weighted by Gasteiger charge is -2.21. The number of rotatable bonds is 3. The van der Waals surface area contributed by atoms with Gasteiger partial charge in [0.25, 0.3) is 5.91 Å². The molecule has 1 aliphatic heterocycles. The Morgan fingerprint density at radius 1 is 1.50 bits per heavy atom. The largest absolute Gasteiger partial charge is 0.381 e. The van der Waals surface area contributed by atoms with E-state index < -0.39 is 0 Å². The van der Waals surface area contributed by atoms with Crippen LogP contribution in [0.1, 0.15) is 28.9 Å². The summed E-state index contributed by atoms with van der Waals surface area (Å²) in [7, 11) is 0. The minimum atomic E-state index is -0.189. The number of nitriles is 1. The second-order valence-electron chi connectivity index (χ2n) is 4.31. The van der Waals surface area contributed by atoms with Gasteiger partial charge in [0.2, 0.25) is 0 Å². The van der Waals surface area contributed by atoms with Gasteiger partial charge in [0.15, 0.2) is 0 Å². The fourth-order valence-electron chi connectivity index (χ4n) is 1.87. The number of carbonyl (C=O) groups is 1. The quantitative estimate of drug-likeness (QED) is 0.865. The van der Waals surface area contributed by atoms with Crippen LogP contribution >= 0.6 is 0 Å². The maximum absolute atomic E-state index is 11.8. The molecular formula is C13H15N3O2. The van der Waals surface area contributed by atoms with Crippen LogP contribution in [-0.4, -0.2) is 30.6 Å². The number of pyridine rings is 1. The third-order valence-corrected chi connectivity index (χ3v) is 3.02. The van der Waals surface area contributed by atoms with Crippen LogP contribution in [-0.2, 0) is 4.74 Å². The maximum atomic E-state index is 11.8. The summed E-state index contributed by atoms with van der Waals surface area (Å²) in [6.07, 6.45) is 3.38. The molecule has 0 bridgehead atoms. The Bertz CT molecular complexity index is 444. The summed E-state index contributed by atoms with van der Waals surface area (Å²) < 4.78 is 5.26. The molecule has 1 N–H and O–H groups in total. The normalized spacial score (nSPS) is 15.9. The molecule has 0 atom stereocenters. The first-order valence-corrected chi connectivity index (χ1v) is 6.01.